The topological polar surface area (TPSA) is 22.6 Å². The molecule has 0 unspecified atom stereocenters. The number of aromatic nitrogens is 1. The van der Waals surface area contributed by atoms with Crippen LogP contribution in [0.5, 0.6) is 0 Å². The fraction of sp³-hybridized carbons (Fsp3) is 0.688. The van der Waals surface area contributed by atoms with Crippen LogP contribution in [0, 0.1) is 0 Å². The minimum Gasteiger partial charge on any atom is -0.363 e. The Kier molecular flexibility index (Phi) is 5.80. The number of hydrogen-bond donors (Lipinski definition) is 0. The molecule has 1 aromatic heterocycles. The molecule has 0 spiro atoms. The molecule has 0 aliphatic carbocycles. The first-order valence-corrected chi connectivity index (χ1v) is 7.68. The van der Waals surface area contributed by atoms with Crippen molar-refractivity contribution in [3.05, 3.63) is 23.9 Å². The molecule has 1 fully saturated rings. The molecule has 0 bridgehead atoms. The summed E-state index contributed by atoms with van der Waals surface area (Å²) in [4.78, 5) is 11.5. The normalized spacial score (nSPS) is 16.0. The van der Waals surface area contributed by atoms with Gasteiger partial charge in [0.1, 0.15) is 5.82 Å². The zero-order valence-electron chi connectivity index (χ0n) is 13.2. The minimum absolute atomic E-state index is 0.987. The molecular formula is C16H28N4. The summed E-state index contributed by atoms with van der Waals surface area (Å²) in [6.07, 6.45) is 6.03. The Morgan fingerprint density at radius 3 is 2.50 bits per heavy atom. The van der Waals surface area contributed by atoms with Gasteiger partial charge in [-0.2, -0.15) is 0 Å². The second-order valence-electron chi connectivity index (χ2n) is 6.06. The van der Waals surface area contributed by atoms with Gasteiger partial charge in [-0.25, -0.2) is 4.98 Å². The number of likely N-dealkylation sites (tertiary alicyclic amines) is 1. The number of anilines is 1. The van der Waals surface area contributed by atoms with Crippen LogP contribution in [0.3, 0.4) is 0 Å². The van der Waals surface area contributed by atoms with E-state index in [1.807, 2.05) is 25.2 Å². The summed E-state index contributed by atoms with van der Waals surface area (Å²) in [6, 6.07) is 4.27. The van der Waals surface area contributed by atoms with Crippen molar-refractivity contribution in [2.75, 3.05) is 52.2 Å². The highest BCUT2D eigenvalue weighted by Gasteiger charge is 2.11. The van der Waals surface area contributed by atoms with Crippen molar-refractivity contribution in [2.45, 2.75) is 25.8 Å². The van der Waals surface area contributed by atoms with Gasteiger partial charge < -0.3 is 14.7 Å². The van der Waals surface area contributed by atoms with E-state index in [1.54, 1.807) is 0 Å². The van der Waals surface area contributed by atoms with Gasteiger partial charge in [0.15, 0.2) is 0 Å². The molecular weight excluding hydrogens is 248 g/mol. The minimum atomic E-state index is 0.987. The first kappa shape index (κ1) is 15.3. The van der Waals surface area contributed by atoms with Gasteiger partial charge in [0.25, 0.3) is 0 Å². The van der Waals surface area contributed by atoms with Gasteiger partial charge >= 0.3 is 0 Å². The second-order valence-corrected chi connectivity index (χ2v) is 6.06. The van der Waals surface area contributed by atoms with Gasteiger partial charge in [0.05, 0.1) is 0 Å². The number of hydrogen-bond acceptors (Lipinski definition) is 4. The monoisotopic (exact) mass is 276 g/mol. The molecule has 0 radical (unpaired) electrons. The first-order valence-electron chi connectivity index (χ1n) is 7.68. The van der Waals surface area contributed by atoms with Crippen molar-refractivity contribution in [1.29, 1.82) is 0 Å². The Balaban J connectivity index is 1.69. The Labute approximate surface area is 123 Å². The maximum absolute atomic E-state index is 4.47. The fourth-order valence-electron chi connectivity index (χ4n) is 2.74. The smallest absolute Gasteiger partial charge is 0.127 e. The van der Waals surface area contributed by atoms with Crippen LogP contribution in [-0.4, -0.2) is 62.1 Å². The van der Waals surface area contributed by atoms with Crippen molar-refractivity contribution in [1.82, 2.24) is 14.8 Å². The largest absolute Gasteiger partial charge is 0.363 e. The lowest BCUT2D eigenvalue weighted by molar-refractivity contribution is 0.275. The Hall–Kier alpha value is -1.13. The Morgan fingerprint density at radius 2 is 1.90 bits per heavy atom. The fourth-order valence-corrected chi connectivity index (χ4v) is 2.74. The van der Waals surface area contributed by atoms with E-state index in [9.17, 15) is 0 Å². The molecule has 1 aromatic rings. The van der Waals surface area contributed by atoms with Crippen LogP contribution in [0.2, 0.25) is 0 Å². The third-order valence-electron chi connectivity index (χ3n) is 3.93. The molecule has 112 valence electrons. The lowest BCUT2D eigenvalue weighted by atomic mass is 10.2. The van der Waals surface area contributed by atoms with Crippen molar-refractivity contribution >= 4 is 5.82 Å². The van der Waals surface area contributed by atoms with Crippen LogP contribution in [0.4, 0.5) is 5.82 Å². The highest BCUT2D eigenvalue weighted by atomic mass is 15.1. The summed E-state index contributed by atoms with van der Waals surface area (Å²) in [5.41, 5.74) is 1.29. The third kappa shape index (κ3) is 4.76. The van der Waals surface area contributed by atoms with Crippen molar-refractivity contribution in [3.8, 4) is 0 Å². The highest BCUT2D eigenvalue weighted by molar-refractivity contribution is 5.37. The average molecular weight is 276 g/mol. The van der Waals surface area contributed by atoms with E-state index < -0.39 is 0 Å². The molecule has 2 heterocycles. The predicted octanol–water partition coefficient (Wildman–Crippen LogP) is 2.07. The number of nitrogens with zero attached hydrogens (tertiary/aromatic N) is 4. The predicted molar refractivity (Wildman–Crippen MR) is 85.2 cm³/mol. The summed E-state index contributed by atoms with van der Waals surface area (Å²) in [5.74, 6) is 1.02. The molecule has 0 atom stereocenters. The molecule has 0 N–H and O–H groups in total. The number of pyridine rings is 1. The molecule has 1 aliphatic rings. The Bertz CT molecular complexity index is 382. The van der Waals surface area contributed by atoms with Crippen LogP contribution >= 0.6 is 0 Å². The molecule has 0 saturated carbocycles. The average Bonchev–Trinajstić information content (AvgIpc) is 2.92. The van der Waals surface area contributed by atoms with Crippen LogP contribution in [-0.2, 0) is 6.54 Å². The SMILES string of the molecule is CN(CCCN1CCCC1)Cc1ccc(N(C)C)nc1. The van der Waals surface area contributed by atoms with Crippen LogP contribution in [0.15, 0.2) is 18.3 Å². The summed E-state index contributed by atoms with van der Waals surface area (Å²) in [7, 11) is 6.24. The van der Waals surface area contributed by atoms with E-state index in [0.29, 0.717) is 0 Å². The lowest BCUT2D eigenvalue weighted by Crippen LogP contribution is -2.26. The molecule has 1 aliphatic heterocycles. The van der Waals surface area contributed by atoms with Crippen LogP contribution < -0.4 is 4.90 Å². The van der Waals surface area contributed by atoms with Crippen LogP contribution in [0.1, 0.15) is 24.8 Å². The van der Waals surface area contributed by atoms with E-state index in [4.69, 9.17) is 0 Å². The quantitative estimate of drug-likeness (QED) is 0.760. The van der Waals surface area contributed by atoms with Crippen molar-refractivity contribution < 1.29 is 0 Å². The highest BCUT2D eigenvalue weighted by Crippen LogP contribution is 2.10. The summed E-state index contributed by atoms with van der Waals surface area (Å²) in [6.45, 7) is 6.01. The van der Waals surface area contributed by atoms with Crippen molar-refractivity contribution in [2.24, 2.45) is 0 Å². The maximum atomic E-state index is 4.47. The van der Waals surface area contributed by atoms with E-state index in [-0.39, 0.29) is 0 Å². The second kappa shape index (κ2) is 7.60. The van der Waals surface area contributed by atoms with Gasteiger partial charge in [-0.1, -0.05) is 6.07 Å². The molecule has 0 amide bonds. The van der Waals surface area contributed by atoms with Crippen LogP contribution in [0.25, 0.3) is 0 Å². The van der Waals surface area contributed by atoms with Gasteiger partial charge in [-0.05, 0) is 64.1 Å². The molecule has 4 nitrogen and oxygen atoms in total. The first-order chi connectivity index (χ1) is 9.65. The van der Waals surface area contributed by atoms with Gasteiger partial charge in [-0.3, -0.25) is 0 Å². The van der Waals surface area contributed by atoms with Gasteiger partial charge in [0, 0.05) is 26.8 Å². The standard InChI is InChI=1S/C16H28N4/c1-18(2)16-8-7-15(13-17-16)14-19(3)9-6-12-20-10-4-5-11-20/h7-8,13H,4-6,9-12,14H2,1-3H3. The van der Waals surface area contributed by atoms with E-state index >= 15 is 0 Å². The zero-order chi connectivity index (χ0) is 14.4. The Morgan fingerprint density at radius 1 is 1.15 bits per heavy atom. The number of rotatable bonds is 7. The maximum Gasteiger partial charge on any atom is 0.127 e. The van der Waals surface area contributed by atoms with E-state index in [1.165, 1.54) is 44.5 Å². The lowest BCUT2D eigenvalue weighted by Gasteiger charge is -2.20. The molecule has 0 aromatic carbocycles. The summed E-state index contributed by atoms with van der Waals surface area (Å²) < 4.78 is 0. The summed E-state index contributed by atoms with van der Waals surface area (Å²) >= 11 is 0. The molecule has 2 rings (SSSR count). The van der Waals surface area contributed by atoms with E-state index in [0.717, 1.165) is 18.9 Å². The molecule has 1 saturated heterocycles. The molecule has 20 heavy (non-hydrogen) atoms. The summed E-state index contributed by atoms with van der Waals surface area (Å²) in [5, 5.41) is 0. The van der Waals surface area contributed by atoms with Gasteiger partial charge in [-0.15, -0.1) is 0 Å². The van der Waals surface area contributed by atoms with Gasteiger partial charge in [0.2, 0.25) is 0 Å². The molecule has 4 heteroatoms. The zero-order valence-corrected chi connectivity index (χ0v) is 13.2. The van der Waals surface area contributed by atoms with Crippen molar-refractivity contribution in [3.63, 3.8) is 0 Å². The van der Waals surface area contributed by atoms with E-state index in [2.05, 4.69) is 34.0 Å². The third-order valence-corrected chi connectivity index (χ3v) is 3.93.